The largest absolute Gasteiger partial charge is 0.381 e. The zero-order chi connectivity index (χ0) is 11.4. The van der Waals surface area contributed by atoms with Gasteiger partial charge in [-0.2, -0.15) is 0 Å². The van der Waals surface area contributed by atoms with E-state index in [1.165, 1.54) is 38.6 Å². The van der Waals surface area contributed by atoms with Crippen LogP contribution < -0.4 is 5.73 Å². The molecule has 0 amide bonds. The van der Waals surface area contributed by atoms with E-state index in [2.05, 4.69) is 11.8 Å². The summed E-state index contributed by atoms with van der Waals surface area (Å²) in [5.41, 5.74) is 6.00. The molecule has 2 saturated heterocycles. The van der Waals surface area contributed by atoms with E-state index < -0.39 is 0 Å². The van der Waals surface area contributed by atoms with Crippen molar-refractivity contribution in [2.75, 3.05) is 26.3 Å². The minimum Gasteiger partial charge on any atom is -0.381 e. The lowest BCUT2D eigenvalue weighted by molar-refractivity contribution is 0.0932. The molecule has 3 heteroatoms. The van der Waals surface area contributed by atoms with Crippen LogP contribution in [0.5, 0.6) is 0 Å². The Labute approximate surface area is 99.3 Å². The van der Waals surface area contributed by atoms with Crippen LogP contribution in [-0.4, -0.2) is 43.3 Å². The molecule has 0 bridgehead atoms. The molecule has 3 atom stereocenters. The number of hydrogen-bond acceptors (Lipinski definition) is 3. The van der Waals surface area contributed by atoms with E-state index in [0.29, 0.717) is 18.0 Å². The smallest absolute Gasteiger partial charge is 0.0510 e. The number of rotatable bonds is 3. The number of nitrogens with zero attached hydrogens (tertiary/aromatic N) is 1. The second-order valence-electron chi connectivity index (χ2n) is 5.36. The first-order valence-electron chi connectivity index (χ1n) is 6.86. The summed E-state index contributed by atoms with van der Waals surface area (Å²) >= 11 is 0. The summed E-state index contributed by atoms with van der Waals surface area (Å²) in [5.74, 6) is 0.672. The lowest BCUT2D eigenvalue weighted by atomic mass is 9.96. The molecule has 0 spiro atoms. The van der Waals surface area contributed by atoms with Gasteiger partial charge in [-0.3, -0.25) is 4.90 Å². The van der Waals surface area contributed by atoms with Crippen molar-refractivity contribution in [1.82, 2.24) is 4.90 Å². The minimum absolute atomic E-state index is 0.551. The topological polar surface area (TPSA) is 38.5 Å². The van der Waals surface area contributed by atoms with Gasteiger partial charge in [0.05, 0.1) is 6.61 Å². The van der Waals surface area contributed by atoms with Gasteiger partial charge >= 0.3 is 0 Å². The highest BCUT2D eigenvalue weighted by Gasteiger charge is 2.32. The highest BCUT2D eigenvalue weighted by atomic mass is 16.5. The van der Waals surface area contributed by atoms with Gasteiger partial charge in [0.15, 0.2) is 0 Å². The molecule has 2 N–H and O–H groups in total. The SMILES string of the molecule is CC1CCCCCN1C(CN)C1CCOC1. The first-order valence-corrected chi connectivity index (χ1v) is 6.86. The van der Waals surface area contributed by atoms with E-state index in [4.69, 9.17) is 10.5 Å². The second kappa shape index (κ2) is 5.99. The third-order valence-electron chi connectivity index (χ3n) is 4.28. The van der Waals surface area contributed by atoms with Gasteiger partial charge in [-0.1, -0.05) is 12.8 Å². The van der Waals surface area contributed by atoms with Gasteiger partial charge < -0.3 is 10.5 Å². The summed E-state index contributed by atoms with van der Waals surface area (Å²) in [6, 6.07) is 1.26. The monoisotopic (exact) mass is 226 g/mol. The van der Waals surface area contributed by atoms with Crippen molar-refractivity contribution >= 4 is 0 Å². The zero-order valence-electron chi connectivity index (χ0n) is 10.5. The van der Waals surface area contributed by atoms with Crippen molar-refractivity contribution in [3.05, 3.63) is 0 Å². The van der Waals surface area contributed by atoms with Gasteiger partial charge in [0.25, 0.3) is 0 Å². The number of nitrogens with two attached hydrogens (primary N) is 1. The molecule has 2 aliphatic rings. The maximum absolute atomic E-state index is 6.00. The van der Waals surface area contributed by atoms with Crippen molar-refractivity contribution < 1.29 is 4.74 Å². The van der Waals surface area contributed by atoms with Crippen molar-refractivity contribution in [2.24, 2.45) is 11.7 Å². The fourth-order valence-electron chi connectivity index (χ4n) is 3.24. The summed E-state index contributed by atoms with van der Waals surface area (Å²) in [6.07, 6.45) is 6.65. The molecule has 0 aliphatic carbocycles. The van der Waals surface area contributed by atoms with Gasteiger partial charge in [-0.15, -0.1) is 0 Å². The molecular formula is C13H26N2O. The molecule has 0 saturated carbocycles. The highest BCUT2D eigenvalue weighted by Crippen LogP contribution is 2.26. The number of hydrogen-bond donors (Lipinski definition) is 1. The third kappa shape index (κ3) is 2.76. The Morgan fingerprint density at radius 2 is 2.19 bits per heavy atom. The Kier molecular flexibility index (Phi) is 4.62. The van der Waals surface area contributed by atoms with Crippen molar-refractivity contribution in [3.63, 3.8) is 0 Å². The van der Waals surface area contributed by atoms with Crippen molar-refractivity contribution in [3.8, 4) is 0 Å². The van der Waals surface area contributed by atoms with E-state index in [1.54, 1.807) is 0 Å². The Balaban J connectivity index is 1.99. The fourth-order valence-corrected chi connectivity index (χ4v) is 3.24. The van der Waals surface area contributed by atoms with Gasteiger partial charge in [0.2, 0.25) is 0 Å². The van der Waals surface area contributed by atoms with Crippen LogP contribution in [0.15, 0.2) is 0 Å². The maximum atomic E-state index is 6.00. The Bertz CT molecular complexity index is 204. The van der Waals surface area contributed by atoms with Gasteiger partial charge in [0.1, 0.15) is 0 Å². The summed E-state index contributed by atoms with van der Waals surface area (Å²) in [4.78, 5) is 2.66. The van der Waals surface area contributed by atoms with Crippen molar-refractivity contribution in [2.45, 2.75) is 51.1 Å². The lowest BCUT2D eigenvalue weighted by Gasteiger charge is -2.37. The van der Waals surface area contributed by atoms with E-state index in [9.17, 15) is 0 Å². The van der Waals surface area contributed by atoms with Crippen LogP contribution in [0.4, 0.5) is 0 Å². The van der Waals surface area contributed by atoms with Gasteiger partial charge in [-0.25, -0.2) is 0 Å². The van der Waals surface area contributed by atoms with Crippen molar-refractivity contribution in [1.29, 1.82) is 0 Å². The molecule has 0 aromatic rings. The predicted octanol–water partition coefficient (Wildman–Crippen LogP) is 1.61. The second-order valence-corrected chi connectivity index (χ2v) is 5.36. The number of likely N-dealkylation sites (tertiary alicyclic amines) is 1. The van der Waals surface area contributed by atoms with E-state index in [1.807, 2.05) is 0 Å². The maximum Gasteiger partial charge on any atom is 0.0510 e. The molecule has 2 fully saturated rings. The molecule has 3 unspecified atom stereocenters. The van der Waals surface area contributed by atoms with E-state index >= 15 is 0 Å². The quantitative estimate of drug-likeness (QED) is 0.794. The van der Waals surface area contributed by atoms with Gasteiger partial charge in [0, 0.05) is 31.2 Å². The molecule has 2 aliphatic heterocycles. The normalized spacial score (nSPS) is 34.9. The summed E-state index contributed by atoms with van der Waals surface area (Å²) < 4.78 is 5.51. The lowest BCUT2D eigenvalue weighted by Crippen LogP contribution is -2.49. The first-order chi connectivity index (χ1) is 7.83. The standard InChI is InChI=1S/C13H26N2O/c1-11-5-3-2-4-7-15(11)13(9-14)12-6-8-16-10-12/h11-13H,2-10,14H2,1H3. The van der Waals surface area contributed by atoms with Crippen LogP contribution in [-0.2, 0) is 4.74 Å². The van der Waals surface area contributed by atoms with Crippen LogP contribution >= 0.6 is 0 Å². The Hall–Kier alpha value is -0.120. The molecule has 2 heterocycles. The molecule has 3 nitrogen and oxygen atoms in total. The molecule has 16 heavy (non-hydrogen) atoms. The Morgan fingerprint density at radius 3 is 2.88 bits per heavy atom. The van der Waals surface area contributed by atoms with Crippen LogP contribution in [0.25, 0.3) is 0 Å². The van der Waals surface area contributed by atoms with Crippen LogP contribution in [0.2, 0.25) is 0 Å². The van der Waals surface area contributed by atoms with Crippen LogP contribution in [0.1, 0.15) is 39.0 Å². The summed E-state index contributed by atoms with van der Waals surface area (Å²) in [5, 5.41) is 0. The Morgan fingerprint density at radius 1 is 1.31 bits per heavy atom. The highest BCUT2D eigenvalue weighted by molar-refractivity contribution is 4.86. The fraction of sp³-hybridized carbons (Fsp3) is 1.00. The first kappa shape index (κ1) is 12.3. The minimum atomic E-state index is 0.551. The summed E-state index contributed by atoms with van der Waals surface area (Å²) in [7, 11) is 0. The molecule has 2 rings (SSSR count). The zero-order valence-corrected chi connectivity index (χ0v) is 10.5. The third-order valence-corrected chi connectivity index (χ3v) is 4.28. The molecule has 0 aromatic heterocycles. The van der Waals surface area contributed by atoms with Gasteiger partial charge in [-0.05, 0) is 32.7 Å². The molecular weight excluding hydrogens is 200 g/mol. The average molecular weight is 226 g/mol. The van der Waals surface area contributed by atoms with Crippen LogP contribution in [0, 0.1) is 5.92 Å². The molecule has 0 aromatic carbocycles. The van der Waals surface area contributed by atoms with Crippen LogP contribution in [0.3, 0.4) is 0 Å². The predicted molar refractivity (Wildman–Crippen MR) is 66.4 cm³/mol. The summed E-state index contributed by atoms with van der Waals surface area (Å²) in [6.45, 7) is 6.25. The average Bonchev–Trinajstić information content (AvgIpc) is 2.72. The number of ether oxygens (including phenoxy) is 1. The van der Waals surface area contributed by atoms with E-state index in [-0.39, 0.29) is 0 Å². The van der Waals surface area contributed by atoms with E-state index in [0.717, 1.165) is 19.8 Å². The molecule has 94 valence electrons. The molecule has 0 radical (unpaired) electrons.